The summed E-state index contributed by atoms with van der Waals surface area (Å²) in [7, 11) is 0. The second-order valence-corrected chi connectivity index (χ2v) is 10.2. The molecule has 0 bridgehead atoms. The largest absolute Gasteiger partial charge is 0.0847 e. The molecular formula is C43H106. The Labute approximate surface area is 286 Å². The maximum atomic E-state index is 2.33. The lowest BCUT2D eigenvalue weighted by Gasteiger charge is -2.14. The third-order valence-electron chi connectivity index (χ3n) is 3.70. The summed E-state index contributed by atoms with van der Waals surface area (Å²) in [6, 6.07) is 0. The number of allylic oxidation sites excluding steroid dienone is 4. The first-order valence-corrected chi connectivity index (χ1v) is 19.5. The zero-order valence-corrected chi connectivity index (χ0v) is 38.0. The summed E-state index contributed by atoms with van der Waals surface area (Å²) in [5.74, 6) is 2.61. The van der Waals surface area contributed by atoms with Crippen LogP contribution in [-0.4, -0.2) is 0 Å². The van der Waals surface area contributed by atoms with E-state index in [-0.39, 0.29) is 0 Å². The van der Waals surface area contributed by atoms with Crippen molar-refractivity contribution in [2.45, 2.75) is 240 Å². The van der Waals surface area contributed by atoms with Crippen LogP contribution in [0.2, 0.25) is 0 Å². The van der Waals surface area contributed by atoms with Crippen molar-refractivity contribution in [1.82, 2.24) is 0 Å². The molecule has 0 fully saturated rings. The van der Waals surface area contributed by atoms with Gasteiger partial charge in [-0.3, -0.25) is 0 Å². The van der Waals surface area contributed by atoms with Crippen molar-refractivity contribution in [2.24, 2.45) is 23.2 Å². The quantitative estimate of drug-likeness (QED) is 0.258. The zero-order valence-electron chi connectivity index (χ0n) is 38.0. The second-order valence-electron chi connectivity index (χ2n) is 10.2. The first kappa shape index (κ1) is 78.7. The van der Waals surface area contributed by atoms with E-state index < -0.39 is 0 Å². The highest BCUT2D eigenvalue weighted by atomic mass is 14.1. The summed E-state index contributed by atoms with van der Waals surface area (Å²) in [5.41, 5.74) is 1.85. The molecule has 0 rings (SSSR count). The lowest BCUT2D eigenvalue weighted by Crippen LogP contribution is -2.04. The summed E-state index contributed by atoms with van der Waals surface area (Å²) in [6.45, 7) is 63.1. The molecule has 0 saturated heterocycles. The average molecular weight is 623 g/mol. The highest BCUT2D eigenvalue weighted by molar-refractivity contribution is 5.14. The van der Waals surface area contributed by atoms with E-state index >= 15 is 0 Å². The van der Waals surface area contributed by atoms with Crippen LogP contribution in [0.5, 0.6) is 0 Å². The Morgan fingerprint density at radius 3 is 0.814 bits per heavy atom. The molecule has 0 aromatic heterocycles. The van der Waals surface area contributed by atoms with Crippen molar-refractivity contribution in [3.63, 3.8) is 0 Å². The molecule has 0 saturated carbocycles. The van der Waals surface area contributed by atoms with Crippen LogP contribution < -0.4 is 0 Å². The predicted octanol–water partition coefficient (Wildman–Crippen LogP) is 18.7. The molecule has 0 spiro atoms. The minimum atomic E-state index is 0.500. The molecule has 0 aromatic carbocycles. The third-order valence-corrected chi connectivity index (χ3v) is 3.70. The number of hydrogen-bond acceptors (Lipinski definition) is 0. The Morgan fingerprint density at radius 2 is 0.698 bits per heavy atom. The van der Waals surface area contributed by atoms with Crippen LogP contribution in [-0.2, 0) is 0 Å². The van der Waals surface area contributed by atoms with E-state index in [2.05, 4.69) is 129 Å². The van der Waals surface area contributed by atoms with Crippen LogP contribution in [0.25, 0.3) is 0 Å². The molecule has 0 heterocycles. The summed E-state index contributed by atoms with van der Waals surface area (Å²) in [5, 5.41) is 0. The first-order valence-electron chi connectivity index (χ1n) is 19.5. The third kappa shape index (κ3) is 270. The first-order chi connectivity index (χ1) is 20.2. The van der Waals surface area contributed by atoms with Gasteiger partial charge in [-0.1, -0.05) is 243 Å². The Bertz CT molecular complexity index is 295. The summed E-state index contributed by atoms with van der Waals surface area (Å²) in [4.78, 5) is 0. The smallest absolute Gasteiger partial charge is 0.0324 e. The Hall–Kier alpha value is -0.520. The minimum Gasteiger partial charge on any atom is -0.0847 e. The van der Waals surface area contributed by atoms with Gasteiger partial charge in [-0.25, -0.2) is 0 Å². The van der Waals surface area contributed by atoms with Gasteiger partial charge in [0.15, 0.2) is 0 Å². The van der Waals surface area contributed by atoms with Crippen molar-refractivity contribution in [3.8, 4) is 0 Å². The van der Waals surface area contributed by atoms with Gasteiger partial charge in [0.2, 0.25) is 0 Å². The van der Waals surface area contributed by atoms with Crippen molar-refractivity contribution in [1.29, 1.82) is 0 Å². The summed E-state index contributed by atoms with van der Waals surface area (Å²) in [6.07, 6.45) is 12.9. The molecule has 0 heteroatoms. The van der Waals surface area contributed by atoms with Crippen LogP contribution >= 0.6 is 0 Å². The average Bonchev–Trinajstić information content (AvgIpc) is 3.03. The maximum absolute atomic E-state index is 2.33. The van der Waals surface area contributed by atoms with Crippen LogP contribution in [0.3, 0.4) is 0 Å². The molecule has 0 aromatic rings. The van der Waals surface area contributed by atoms with E-state index in [1.54, 1.807) is 0 Å². The molecule has 2 unspecified atom stereocenters. The normalized spacial score (nSPS) is 9.70. The molecule has 0 amide bonds. The molecule has 0 aliphatic heterocycles. The minimum absolute atomic E-state index is 0.500. The van der Waals surface area contributed by atoms with E-state index in [9.17, 15) is 0 Å². The number of hydrogen-bond donors (Lipinski definition) is 0. The molecule has 0 nitrogen and oxygen atoms in total. The molecule has 0 aliphatic carbocycles. The highest BCUT2D eigenvalue weighted by Crippen LogP contribution is 2.16. The monoisotopic (exact) mass is 623 g/mol. The van der Waals surface area contributed by atoms with Crippen molar-refractivity contribution in [3.05, 3.63) is 23.8 Å². The lowest BCUT2D eigenvalue weighted by molar-refractivity contribution is 0.367. The summed E-state index contributed by atoms with van der Waals surface area (Å²) >= 11 is 0. The second kappa shape index (κ2) is 105. The van der Waals surface area contributed by atoms with Crippen molar-refractivity contribution < 1.29 is 0 Å². The Kier molecular flexibility index (Phi) is 192. The fourth-order valence-electron chi connectivity index (χ4n) is 1.43. The van der Waals surface area contributed by atoms with E-state index in [0.717, 1.165) is 17.8 Å². The van der Waals surface area contributed by atoms with Gasteiger partial charge in [0, 0.05) is 0 Å². The number of rotatable bonds is 6. The molecule has 0 aliphatic rings. The van der Waals surface area contributed by atoms with E-state index in [4.69, 9.17) is 0 Å². The van der Waals surface area contributed by atoms with Crippen LogP contribution in [0.15, 0.2) is 23.8 Å². The van der Waals surface area contributed by atoms with Gasteiger partial charge in [-0.2, -0.15) is 0 Å². The van der Waals surface area contributed by atoms with E-state index in [1.807, 2.05) is 96.9 Å². The fraction of sp³-hybridized carbons (Fsp3) is 0.907. The predicted molar refractivity (Wildman–Crippen MR) is 223 cm³/mol. The highest BCUT2D eigenvalue weighted by Gasteiger charge is 2.05. The molecule has 0 radical (unpaired) electrons. The maximum Gasteiger partial charge on any atom is -0.0324 e. The molecule has 278 valence electrons. The SMILES string of the molecule is C/C=C(C)\C=C\CC(C)C.CC.CC.CC.CC.CC.CC.CC.CC(C)(C)C.CCC.CCC.CCC(C)C(C)CC. The fourth-order valence-corrected chi connectivity index (χ4v) is 1.43. The van der Waals surface area contributed by atoms with Crippen LogP contribution in [0, 0.1) is 23.2 Å². The standard InChI is InChI=1S/C10H18.C8H18.C5H12.2C3H8.7C2H6/c1-5-10(4)8-6-7-9(2)3;1-5-7(3)8(4)6-2;1-5(2,3)4;2*1-3-2;7*1-2/h5-6,8-9H,7H2,1-4H3;7-8H,5-6H2,1-4H3;1-4H3;2*3H2,1-2H3;7*1-2H3/b8-6+,10-5-;;;;;;;;;;;. The van der Waals surface area contributed by atoms with Crippen molar-refractivity contribution >= 4 is 0 Å². The molecule has 2 atom stereocenters. The van der Waals surface area contributed by atoms with Crippen LogP contribution in [0.1, 0.15) is 240 Å². The van der Waals surface area contributed by atoms with Gasteiger partial charge < -0.3 is 0 Å². The molecular weight excluding hydrogens is 516 g/mol. The van der Waals surface area contributed by atoms with Gasteiger partial charge in [0.05, 0.1) is 0 Å². The van der Waals surface area contributed by atoms with Crippen LogP contribution in [0.4, 0.5) is 0 Å². The lowest BCUT2D eigenvalue weighted by atomic mass is 9.92. The Morgan fingerprint density at radius 1 is 0.512 bits per heavy atom. The summed E-state index contributed by atoms with van der Waals surface area (Å²) < 4.78 is 0. The Balaban J connectivity index is -0.0000000263. The van der Waals surface area contributed by atoms with Gasteiger partial charge in [0.25, 0.3) is 0 Å². The topological polar surface area (TPSA) is 0 Å². The van der Waals surface area contributed by atoms with Gasteiger partial charge in [-0.05, 0) is 43.4 Å². The molecule has 0 N–H and O–H groups in total. The van der Waals surface area contributed by atoms with Crippen molar-refractivity contribution in [2.75, 3.05) is 0 Å². The van der Waals surface area contributed by atoms with E-state index in [1.165, 1.54) is 37.7 Å². The van der Waals surface area contributed by atoms with Gasteiger partial charge >= 0.3 is 0 Å². The zero-order chi connectivity index (χ0) is 38.5. The van der Waals surface area contributed by atoms with E-state index in [0.29, 0.717) is 5.41 Å². The van der Waals surface area contributed by atoms with Gasteiger partial charge in [0.1, 0.15) is 0 Å². The van der Waals surface area contributed by atoms with Gasteiger partial charge in [-0.15, -0.1) is 0 Å². The molecule has 43 heavy (non-hydrogen) atoms.